The number of aliphatic hydroxyl groups is 1. The normalized spacial score (nSPS) is 14.0. The van der Waals surface area contributed by atoms with Gasteiger partial charge in [-0.1, -0.05) is 383 Å². The van der Waals surface area contributed by atoms with E-state index in [2.05, 4.69) is 55.4 Å². The lowest BCUT2D eigenvalue weighted by Gasteiger charge is -2.21. The Hall–Kier alpha value is -1.94. The Morgan fingerprint density at radius 1 is 0.243 bits per heavy atom. The highest BCUT2D eigenvalue weighted by molar-refractivity contribution is 7.47. The van der Waals surface area contributed by atoms with E-state index in [-0.39, 0.29) is 25.7 Å². The molecule has 2 unspecified atom stereocenters. The second-order valence-electron chi connectivity index (χ2n) is 32.1. The van der Waals surface area contributed by atoms with Crippen LogP contribution >= 0.6 is 15.6 Å². The van der Waals surface area contributed by atoms with Gasteiger partial charge in [0.25, 0.3) is 0 Å². The fraction of sp³-hybridized carbons (Fsp3) is 0.952. The number of unbranched alkanes of at least 4 members (excludes halogenated alkanes) is 47. The molecule has 0 amide bonds. The van der Waals surface area contributed by atoms with Gasteiger partial charge in [0.2, 0.25) is 0 Å². The quantitative estimate of drug-likeness (QED) is 0.0222. The van der Waals surface area contributed by atoms with E-state index in [0.717, 1.165) is 114 Å². The molecule has 0 aromatic carbocycles. The van der Waals surface area contributed by atoms with Gasteiger partial charge in [0.1, 0.15) is 19.3 Å². The van der Waals surface area contributed by atoms with E-state index in [0.29, 0.717) is 25.7 Å². The van der Waals surface area contributed by atoms with Crippen molar-refractivity contribution in [1.82, 2.24) is 0 Å². The largest absolute Gasteiger partial charge is 0.472 e. The first kappa shape index (κ1) is 101. The number of aliphatic hydroxyl groups excluding tert-OH is 1. The fourth-order valence-electron chi connectivity index (χ4n) is 13.0. The van der Waals surface area contributed by atoms with Gasteiger partial charge in [0.15, 0.2) is 12.2 Å². The monoisotopic (exact) mass is 1510 g/mol. The van der Waals surface area contributed by atoms with Crippen molar-refractivity contribution in [3.63, 3.8) is 0 Å². The van der Waals surface area contributed by atoms with E-state index < -0.39 is 97.5 Å². The summed E-state index contributed by atoms with van der Waals surface area (Å²) < 4.78 is 68.9. The Balaban J connectivity index is 5.27. The average Bonchev–Trinajstić information content (AvgIpc) is 0.916. The number of rotatable bonds is 81. The molecule has 3 N–H and O–H groups in total. The lowest BCUT2D eigenvalue weighted by molar-refractivity contribution is -0.161. The maximum atomic E-state index is 13.1. The zero-order valence-corrected chi connectivity index (χ0v) is 69.7. The summed E-state index contributed by atoms with van der Waals surface area (Å²) in [5.74, 6) is 1.02. The molecule has 0 bridgehead atoms. The fourth-order valence-corrected chi connectivity index (χ4v) is 14.5. The van der Waals surface area contributed by atoms with Gasteiger partial charge in [0.05, 0.1) is 26.4 Å². The van der Waals surface area contributed by atoms with Gasteiger partial charge in [-0.3, -0.25) is 37.3 Å². The van der Waals surface area contributed by atoms with Gasteiger partial charge in [-0.2, -0.15) is 0 Å². The van der Waals surface area contributed by atoms with Gasteiger partial charge in [-0.15, -0.1) is 0 Å². The molecule has 0 spiro atoms. The number of hydrogen-bond acceptors (Lipinski definition) is 15. The summed E-state index contributed by atoms with van der Waals surface area (Å²) >= 11 is 0. The highest BCUT2D eigenvalue weighted by Crippen LogP contribution is 2.45. The van der Waals surface area contributed by atoms with Crippen LogP contribution in [0.2, 0.25) is 0 Å². The number of ether oxygens (including phenoxy) is 4. The van der Waals surface area contributed by atoms with Crippen LogP contribution in [0.1, 0.15) is 434 Å². The first-order valence-electron chi connectivity index (χ1n) is 43.2. The summed E-state index contributed by atoms with van der Waals surface area (Å²) in [4.78, 5) is 73.2. The maximum absolute atomic E-state index is 13.1. The highest BCUT2D eigenvalue weighted by Gasteiger charge is 2.30. The lowest BCUT2D eigenvalue weighted by Crippen LogP contribution is -2.30. The molecule has 5 atom stereocenters. The number of esters is 4. The Kier molecular flexibility index (Phi) is 71.5. The minimum absolute atomic E-state index is 0.106. The summed E-state index contributed by atoms with van der Waals surface area (Å²) in [6.45, 7) is 14.3. The van der Waals surface area contributed by atoms with Crippen molar-refractivity contribution < 1.29 is 80.2 Å². The molecule has 0 fully saturated rings. The Morgan fingerprint density at radius 3 is 0.602 bits per heavy atom. The smallest absolute Gasteiger partial charge is 0.462 e. The third-order valence-corrected chi connectivity index (χ3v) is 21.5. The molecule has 0 aliphatic carbocycles. The van der Waals surface area contributed by atoms with Gasteiger partial charge >= 0.3 is 39.5 Å². The van der Waals surface area contributed by atoms with E-state index >= 15 is 0 Å². The third kappa shape index (κ3) is 78.0. The number of phosphoric ester groups is 2. The van der Waals surface area contributed by atoms with E-state index in [4.69, 9.17) is 37.0 Å². The minimum atomic E-state index is -4.97. The summed E-state index contributed by atoms with van der Waals surface area (Å²) in [6, 6.07) is 0. The molecule has 612 valence electrons. The van der Waals surface area contributed by atoms with Crippen molar-refractivity contribution >= 4 is 39.5 Å². The second-order valence-corrected chi connectivity index (χ2v) is 35.0. The molecule has 0 rings (SSSR count). The molecule has 103 heavy (non-hydrogen) atoms. The predicted octanol–water partition coefficient (Wildman–Crippen LogP) is 25.2. The van der Waals surface area contributed by atoms with Crippen LogP contribution in [0.3, 0.4) is 0 Å². The zero-order chi connectivity index (χ0) is 76.0. The summed E-state index contributed by atoms with van der Waals surface area (Å²) in [5.41, 5.74) is 0. The standard InChI is InChI=1S/C84H164O17P2/c1-74(2)60-52-44-36-28-21-15-11-9-13-17-24-32-40-48-56-64-81(86)94-70-79(100-83(88)66-58-50-42-33-25-18-14-10-12-16-22-29-37-45-53-61-75(3)4)72-98-102(90,91)96-68-78(85)69-97-103(92,93)99-73-80(71-95-82(87)65-57-49-41-35-27-31-39-47-55-63-77(7)8)101-84(89)67-59-51-43-34-26-20-19-23-30-38-46-54-62-76(5)6/h74-80,85H,9-73H2,1-8H3,(H,90,91)(H,92,93)/t78-,79-,80-/m1/s1. The molecular weight excluding hydrogens is 1340 g/mol. The molecule has 0 aliphatic heterocycles. The molecule has 0 heterocycles. The third-order valence-electron chi connectivity index (χ3n) is 19.6. The first-order valence-corrected chi connectivity index (χ1v) is 46.2. The lowest BCUT2D eigenvalue weighted by atomic mass is 10.0. The molecule has 17 nitrogen and oxygen atoms in total. The molecule has 0 saturated heterocycles. The van der Waals surface area contributed by atoms with Crippen LogP contribution in [0.5, 0.6) is 0 Å². The molecule has 0 aliphatic rings. The van der Waals surface area contributed by atoms with Crippen LogP contribution < -0.4 is 0 Å². The van der Waals surface area contributed by atoms with Crippen LogP contribution in [0.15, 0.2) is 0 Å². The molecule has 0 aromatic rings. The van der Waals surface area contributed by atoms with Crippen molar-refractivity contribution in [2.45, 2.75) is 453 Å². The number of carbonyl (C=O) groups is 4. The van der Waals surface area contributed by atoms with Crippen molar-refractivity contribution in [3.05, 3.63) is 0 Å². The average molecular weight is 1510 g/mol. The predicted molar refractivity (Wildman–Crippen MR) is 423 cm³/mol. The summed E-state index contributed by atoms with van der Waals surface area (Å²) in [5, 5.41) is 10.7. The van der Waals surface area contributed by atoms with Crippen molar-refractivity contribution in [2.24, 2.45) is 23.7 Å². The van der Waals surface area contributed by atoms with E-state index in [9.17, 15) is 43.2 Å². The van der Waals surface area contributed by atoms with Crippen molar-refractivity contribution in [3.8, 4) is 0 Å². The Morgan fingerprint density at radius 2 is 0.408 bits per heavy atom. The molecule has 0 radical (unpaired) electrons. The molecule has 0 saturated carbocycles. The summed E-state index contributed by atoms with van der Waals surface area (Å²) in [6.07, 6.45) is 61.0. The maximum Gasteiger partial charge on any atom is 0.472 e. The van der Waals surface area contributed by atoms with Crippen LogP contribution in [-0.2, 0) is 65.4 Å². The van der Waals surface area contributed by atoms with Gasteiger partial charge in [0, 0.05) is 25.7 Å². The number of carbonyl (C=O) groups excluding carboxylic acids is 4. The zero-order valence-electron chi connectivity index (χ0n) is 68.0. The van der Waals surface area contributed by atoms with Crippen LogP contribution in [0, 0.1) is 23.7 Å². The van der Waals surface area contributed by atoms with E-state index in [1.54, 1.807) is 0 Å². The SMILES string of the molecule is CC(C)CCCCCCCCCCCCCCCCCC(=O)OC[C@H](COP(=O)(O)OC[C@@H](O)COP(=O)(O)OC[C@@H](COC(=O)CCCCCCCCCCCC(C)C)OC(=O)CCCCCCCCCCCCCCC(C)C)OC(=O)CCCCCCCCCCCCCCCCCC(C)C. The van der Waals surface area contributed by atoms with Gasteiger partial charge in [-0.25, -0.2) is 9.13 Å². The van der Waals surface area contributed by atoms with Crippen molar-refractivity contribution in [1.29, 1.82) is 0 Å². The van der Waals surface area contributed by atoms with Crippen LogP contribution in [0.4, 0.5) is 0 Å². The Labute approximate surface area is 632 Å². The molecule has 0 aromatic heterocycles. The van der Waals surface area contributed by atoms with Gasteiger partial charge < -0.3 is 33.8 Å². The molecule has 19 heteroatoms. The van der Waals surface area contributed by atoms with Crippen molar-refractivity contribution in [2.75, 3.05) is 39.6 Å². The van der Waals surface area contributed by atoms with Crippen LogP contribution in [-0.4, -0.2) is 96.7 Å². The van der Waals surface area contributed by atoms with E-state index in [1.807, 2.05) is 0 Å². The summed E-state index contributed by atoms with van der Waals surface area (Å²) in [7, 11) is -9.93. The topological polar surface area (TPSA) is 237 Å². The van der Waals surface area contributed by atoms with E-state index in [1.165, 1.54) is 238 Å². The minimum Gasteiger partial charge on any atom is -0.462 e. The molecular formula is C84H164O17P2. The second kappa shape index (κ2) is 72.9. The highest BCUT2D eigenvalue weighted by atomic mass is 31.2. The first-order chi connectivity index (χ1) is 49.6. The Bertz CT molecular complexity index is 2010. The van der Waals surface area contributed by atoms with Crippen LogP contribution in [0.25, 0.3) is 0 Å². The van der Waals surface area contributed by atoms with Gasteiger partial charge in [-0.05, 0) is 49.4 Å². The number of phosphoric acid groups is 2. The number of hydrogen-bond donors (Lipinski definition) is 3.